The van der Waals surface area contributed by atoms with Crippen molar-refractivity contribution in [2.24, 2.45) is 0 Å². The van der Waals surface area contributed by atoms with Crippen LogP contribution in [0.15, 0.2) is 18.2 Å². The molecular formula is C15H17F6N3O2. The molecule has 0 spiro atoms. The molecule has 11 heteroatoms. The molecule has 3 N–H and O–H groups in total. The molecule has 0 aliphatic heterocycles. The number of carbonyl (C=O) groups excluding carboxylic acids is 2. The van der Waals surface area contributed by atoms with Crippen LogP contribution in [0.2, 0.25) is 0 Å². The van der Waals surface area contributed by atoms with E-state index in [2.05, 4.69) is 5.32 Å². The molecular weight excluding hydrogens is 368 g/mol. The van der Waals surface area contributed by atoms with Crippen LogP contribution < -0.4 is 16.0 Å². The largest absolute Gasteiger partial charge is 0.416 e. The molecule has 0 atom stereocenters. The Hall–Kier alpha value is -2.46. The number of rotatable bonds is 3. The molecule has 1 aromatic carbocycles. The van der Waals surface area contributed by atoms with Crippen molar-refractivity contribution < 1.29 is 35.9 Å². The van der Waals surface area contributed by atoms with Crippen LogP contribution >= 0.6 is 0 Å². The smallest absolute Gasteiger partial charge is 0.350 e. The number of hydrogen-bond donors (Lipinski definition) is 3. The van der Waals surface area contributed by atoms with Crippen molar-refractivity contribution in [3.05, 3.63) is 29.3 Å². The van der Waals surface area contributed by atoms with Crippen LogP contribution in [0.25, 0.3) is 0 Å². The Balaban J connectivity index is 2.88. The van der Waals surface area contributed by atoms with E-state index in [0.29, 0.717) is 12.1 Å². The Labute approximate surface area is 145 Å². The van der Waals surface area contributed by atoms with Gasteiger partial charge in [-0.25, -0.2) is 4.79 Å². The molecule has 0 radical (unpaired) electrons. The summed E-state index contributed by atoms with van der Waals surface area (Å²) in [6.45, 7) is 4.55. The second-order valence-electron chi connectivity index (χ2n) is 6.40. The average Bonchev–Trinajstić information content (AvgIpc) is 2.41. The molecule has 1 rings (SSSR count). The van der Waals surface area contributed by atoms with Crippen molar-refractivity contribution in [1.82, 2.24) is 10.6 Å². The summed E-state index contributed by atoms with van der Waals surface area (Å²) in [5.74, 6) is -0.576. The van der Waals surface area contributed by atoms with E-state index in [-0.39, 0.29) is 6.07 Å². The molecule has 5 nitrogen and oxygen atoms in total. The van der Waals surface area contributed by atoms with Gasteiger partial charge in [0.2, 0.25) is 5.91 Å². The second kappa shape index (κ2) is 7.42. The van der Waals surface area contributed by atoms with Gasteiger partial charge in [-0.15, -0.1) is 0 Å². The van der Waals surface area contributed by atoms with Gasteiger partial charge in [-0.1, -0.05) is 0 Å². The number of benzene rings is 1. The third-order valence-corrected chi connectivity index (χ3v) is 2.77. The molecule has 1 aromatic rings. The zero-order valence-corrected chi connectivity index (χ0v) is 14.0. The van der Waals surface area contributed by atoms with E-state index in [1.807, 2.05) is 10.6 Å². The highest BCUT2D eigenvalue weighted by atomic mass is 19.4. The first kappa shape index (κ1) is 21.6. The fourth-order valence-corrected chi connectivity index (χ4v) is 1.83. The van der Waals surface area contributed by atoms with E-state index in [4.69, 9.17) is 0 Å². The molecule has 26 heavy (non-hydrogen) atoms. The van der Waals surface area contributed by atoms with Gasteiger partial charge in [0.15, 0.2) is 0 Å². The topological polar surface area (TPSA) is 70.2 Å². The first-order valence-electron chi connectivity index (χ1n) is 7.23. The van der Waals surface area contributed by atoms with E-state index in [0.717, 1.165) is 0 Å². The van der Waals surface area contributed by atoms with Crippen LogP contribution in [0.1, 0.15) is 31.9 Å². The minimum atomic E-state index is -5.03. The number of alkyl halides is 6. The number of nitrogens with one attached hydrogen (secondary N) is 3. The lowest BCUT2D eigenvalue weighted by atomic mass is 10.1. The molecule has 0 aliphatic rings. The van der Waals surface area contributed by atoms with Gasteiger partial charge in [0.05, 0.1) is 17.7 Å². The fourth-order valence-electron chi connectivity index (χ4n) is 1.83. The van der Waals surface area contributed by atoms with E-state index in [9.17, 15) is 35.9 Å². The summed E-state index contributed by atoms with van der Waals surface area (Å²) in [5.41, 5.74) is -4.40. The Bertz CT molecular complexity index is 645. The SMILES string of the molecule is CC(C)(C)NC(=O)CNC(=O)Nc1cc(C(F)(F)F)cc(C(F)(F)F)c1. The summed E-state index contributed by atoms with van der Waals surface area (Å²) in [6.07, 6.45) is -10.1. The standard InChI is InChI=1S/C15H17F6N3O2/c1-13(2,3)24-11(25)7-22-12(26)23-10-5-8(14(16,17)18)4-9(6-10)15(19,20)21/h4-6H,7H2,1-3H3,(H,24,25)(H2,22,23,26). The highest BCUT2D eigenvalue weighted by molar-refractivity contribution is 5.92. The van der Waals surface area contributed by atoms with Crippen LogP contribution in [0.3, 0.4) is 0 Å². The molecule has 0 saturated heterocycles. The van der Waals surface area contributed by atoms with Crippen molar-refractivity contribution in [2.45, 2.75) is 38.7 Å². The summed E-state index contributed by atoms with van der Waals surface area (Å²) in [7, 11) is 0. The van der Waals surface area contributed by atoms with E-state index >= 15 is 0 Å². The molecule has 0 aromatic heterocycles. The Morgan fingerprint density at radius 2 is 1.35 bits per heavy atom. The van der Waals surface area contributed by atoms with Gasteiger partial charge in [0.25, 0.3) is 0 Å². The minimum Gasteiger partial charge on any atom is -0.350 e. The van der Waals surface area contributed by atoms with Gasteiger partial charge in [-0.2, -0.15) is 26.3 Å². The monoisotopic (exact) mass is 385 g/mol. The number of anilines is 1. The second-order valence-corrected chi connectivity index (χ2v) is 6.40. The van der Waals surface area contributed by atoms with Crippen molar-refractivity contribution >= 4 is 17.6 Å². The van der Waals surface area contributed by atoms with E-state index < -0.39 is 53.2 Å². The summed E-state index contributed by atoms with van der Waals surface area (Å²) in [4.78, 5) is 23.2. The summed E-state index contributed by atoms with van der Waals surface area (Å²) in [5, 5.41) is 6.42. The molecule has 0 fully saturated rings. The van der Waals surface area contributed by atoms with Crippen molar-refractivity contribution in [1.29, 1.82) is 0 Å². The number of urea groups is 1. The number of halogens is 6. The average molecular weight is 385 g/mol. The van der Waals surface area contributed by atoms with E-state index in [1.165, 1.54) is 0 Å². The summed E-state index contributed by atoms with van der Waals surface area (Å²) >= 11 is 0. The lowest BCUT2D eigenvalue weighted by Gasteiger charge is -2.20. The summed E-state index contributed by atoms with van der Waals surface area (Å²) < 4.78 is 76.4. The van der Waals surface area contributed by atoms with Gasteiger partial charge >= 0.3 is 18.4 Å². The van der Waals surface area contributed by atoms with Crippen molar-refractivity contribution in [2.75, 3.05) is 11.9 Å². The maximum Gasteiger partial charge on any atom is 0.416 e. The first-order chi connectivity index (χ1) is 11.6. The van der Waals surface area contributed by atoms with Gasteiger partial charge < -0.3 is 16.0 Å². The van der Waals surface area contributed by atoms with Crippen molar-refractivity contribution in [3.8, 4) is 0 Å². The highest BCUT2D eigenvalue weighted by Crippen LogP contribution is 2.37. The third-order valence-electron chi connectivity index (χ3n) is 2.77. The Morgan fingerprint density at radius 3 is 1.73 bits per heavy atom. The van der Waals surface area contributed by atoms with Crippen LogP contribution in [0.5, 0.6) is 0 Å². The van der Waals surface area contributed by atoms with Gasteiger partial charge in [-0.05, 0) is 39.0 Å². The van der Waals surface area contributed by atoms with Crippen LogP contribution in [-0.2, 0) is 17.1 Å². The van der Waals surface area contributed by atoms with Gasteiger partial charge in [0, 0.05) is 11.2 Å². The van der Waals surface area contributed by atoms with Crippen LogP contribution in [0, 0.1) is 0 Å². The quantitative estimate of drug-likeness (QED) is 0.694. The molecule has 146 valence electrons. The van der Waals surface area contributed by atoms with Crippen LogP contribution in [-0.4, -0.2) is 24.0 Å². The lowest BCUT2D eigenvalue weighted by Crippen LogP contribution is -2.46. The number of carbonyl (C=O) groups is 2. The highest BCUT2D eigenvalue weighted by Gasteiger charge is 2.37. The fraction of sp³-hybridized carbons (Fsp3) is 0.467. The zero-order valence-electron chi connectivity index (χ0n) is 14.0. The molecule has 0 aliphatic carbocycles. The Morgan fingerprint density at radius 1 is 0.885 bits per heavy atom. The predicted octanol–water partition coefficient (Wildman–Crippen LogP) is 3.76. The molecule has 0 heterocycles. The molecule has 0 bridgehead atoms. The van der Waals surface area contributed by atoms with Crippen LogP contribution in [0.4, 0.5) is 36.8 Å². The Kier molecular flexibility index (Phi) is 6.16. The third kappa shape index (κ3) is 7.19. The maximum atomic E-state index is 12.7. The van der Waals surface area contributed by atoms with Crippen molar-refractivity contribution in [3.63, 3.8) is 0 Å². The predicted molar refractivity (Wildman–Crippen MR) is 81.4 cm³/mol. The van der Waals surface area contributed by atoms with E-state index in [1.54, 1.807) is 20.8 Å². The number of hydrogen-bond acceptors (Lipinski definition) is 2. The lowest BCUT2D eigenvalue weighted by molar-refractivity contribution is -0.143. The maximum absolute atomic E-state index is 12.7. The van der Waals surface area contributed by atoms with Gasteiger partial charge in [0.1, 0.15) is 0 Å². The van der Waals surface area contributed by atoms with Gasteiger partial charge in [-0.3, -0.25) is 4.79 Å². The summed E-state index contributed by atoms with van der Waals surface area (Å²) in [6, 6.07) is -0.449. The first-order valence-corrected chi connectivity index (χ1v) is 7.23. The molecule has 0 saturated carbocycles. The molecule has 3 amide bonds. The molecule has 0 unspecified atom stereocenters. The number of amides is 3. The normalized spacial score (nSPS) is 12.5. The zero-order chi connectivity index (χ0) is 20.3. The minimum absolute atomic E-state index is 0.0557.